The second kappa shape index (κ2) is 9.27. The SMILES string of the molecule is CCc1ccc(C(=O)OOOC(=O)OC2CCC(CC)CC2)cc1. The summed E-state index contributed by atoms with van der Waals surface area (Å²) in [7, 11) is 0. The number of ether oxygens (including phenoxy) is 1. The van der Waals surface area contributed by atoms with Crippen LogP contribution in [0.15, 0.2) is 24.3 Å². The first kappa shape index (κ1) is 18.3. The van der Waals surface area contributed by atoms with Gasteiger partial charge in [0.05, 0.1) is 10.6 Å². The van der Waals surface area contributed by atoms with Crippen molar-refractivity contribution in [1.82, 2.24) is 0 Å². The van der Waals surface area contributed by atoms with Crippen molar-refractivity contribution in [3.63, 3.8) is 0 Å². The zero-order chi connectivity index (χ0) is 17.4. The van der Waals surface area contributed by atoms with Gasteiger partial charge < -0.3 is 4.74 Å². The van der Waals surface area contributed by atoms with Gasteiger partial charge in [-0.25, -0.2) is 14.5 Å². The predicted octanol–water partition coefficient (Wildman–Crippen LogP) is 4.37. The first-order valence-corrected chi connectivity index (χ1v) is 8.47. The van der Waals surface area contributed by atoms with Crippen LogP contribution >= 0.6 is 0 Å². The summed E-state index contributed by atoms with van der Waals surface area (Å²) in [5.74, 6) is -0.0360. The van der Waals surface area contributed by atoms with Crippen molar-refractivity contribution in [1.29, 1.82) is 0 Å². The van der Waals surface area contributed by atoms with E-state index >= 15 is 0 Å². The molecule has 0 aromatic heterocycles. The zero-order valence-electron chi connectivity index (χ0n) is 14.2. The van der Waals surface area contributed by atoms with Gasteiger partial charge in [0.15, 0.2) is 0 Å². The minimum absolute atomic E-state index is 0.166. The molecule has 1 saturated carbocycles. The lowest BCUT2D eigenvalue weighted by Crippen LogP contribution is -2.25. The Hall–Kier alpha value is -2.08. The third kappa shape index (κ3) is 5.53. The Labute approximate surface area is 141 Å². The molecule has 1 aromatic carbocycles. The van der Waals surface area contributed by atoms with E-state index in [2.05, 4.69) is 21.7 Å². The average Bonchev–Trinajstić information content (AvgIpc) is 2.62. The number of benzene rings is 1. The van der Waals surface area contributed by atoms with E-state index in [1.807, 2.05) is 19.1 Å². The lowest BCUT2D eigenvalue weighted by molar-refractivity contribution is -0.453. The van der Waals surface area contributed by atoms with Crippen LogP contribution in [0, 0.1) is 5.92 Å². The number of rotatable bonds is 6. The fourth-order valence-electron chi connectivity index (χ4n) is 2.81. The molecule has 0 heterocycles. The second-order valence-corrected chi connectivity index (χ2v) is 5.99. The molecule has 2 rings (SSSR count). The van der Waals surface area contributed by atoms with Crippen molar-refractivity contribution in [2.24, 2.45) is 5.92 Å². The van der Waals surface area contributed by atoms with Gasteiger partial charge >= 0.3 is 12.1 Å². The van der Waals surface area contributed by atoms with Crippen molar-refractivity contribution >= 4 is 12.1 Å². The zero-order valence-corrected chi connectivity index (χ0v) is 14.2. The Balaban J connectivity index is 1.65. The van der Waals surface area contributed by atoms with Gasteiger partial charge in [-0.2, -0.15) is 0 Å². The first-order chi connectivity index (χ1) is 11.6. The predicted molar refractivity (Wildman–Crippen MR) is 85.9 cm³/mol. The molecule has 0 atom stereocenters. The third-order valence-corrected chi connectivity index (χ3v) is 4.44. The van der Waals surface area contributed by atoms with Gasteiger partial charge in [-0.1, -0.05) is 32.4 Å². The molecule has 0 radical (unpaired) electrons. The number of carbonyl (C=O) groups is 2. The van der Waals surface area contributed by atoms with E-state index in [0.717, 1.165) is 44.1 Å². The standard InChI is InChI=1S/C18H24O6/c1-3-13-5-9-15(10-6-13)17(19)22-24-23-18(20)21-16-11-7-14(4-2)8-12-16/h5-6,9-10,14,16H,3-4,7-8,11-12H2,1-2H3. The van der Waals surface area contributed by atoms with Crippen molar-refractivity contribution in [3.8, 4) is 0 Å². The quantitative estimate of drug-likeness (QED) is 0.436. The van der Waals surface area contributed by atoms with Crippen LogP contribution in [0.25, 0.3) is 0 Å². The number of aryl methyl sites for hydroxylation is 1. The number of hydrogen-bond donors (Lipinski definition) is 0. The topological polar surface area (TPSA) is 71.1 Å². The lowest BCUT2D eigenvalue weighted by Gasteiger charge is -2.26. The van der Waals surface area contributed by atoms with Crippen molar-refractivity contribution < 1.29 is 29.1 Å². The summed E-state index contributed by atoms with van der Waals surface area (Å²) in [4.78, 5) is 32.0. The normalized spacial score (nSPS) is 20.2. The van der Waals surface area contributed by atoms with Crippen LogP contribution in [0.5, 0.6) is 0 Å². The van der Waals surface area contributed by atoms with Gasteiger partial charge in [0.2, 0.25) is 0 Å². The van der Waals surface area contributed by atoms with Gasteiger partial charge in [0.1, 0.15) is 6.10 Å². The fraction of sp³-hybridized carbons (Fsp3) is 0.556. The van der Waals surface area contributed by atoms with Crippen LogP contribution in [0.4, 0.5) is 4.79 Å². The highest BCUT2D eigenvalue weighted by Crippen LogP contribution is 2.28. The van der Waals surface area contributed by atoms with Crippen LogP contribution in [-0.4, -0.2) is 18.2 Å². The van der Waals surface area contributed by atoms with Gasteiger partial charge in [0, 0.05) is 0 Å². The van der Waals surface area contributed by atoms with Gasteiger partial charge in [0.25, 0.3) is 0 Å². The van der Waals surface area contributed by atoms with E-state index in [-0.39, 0.29) is 6.10 Å². The summed E-state index contributed by atoms with van der Waals surface area (Å²) in [5.41, 5.74) is 1.41. The molecule has 132 valence electrons. The Morgan fingerprint density at radius 1 is 1.00 bits per heavy atom. The minimum atomic E-state index is -0.996. The molecule has 0 amide bonds. The van der Waals surface area contributed by atoms with E-state index < -0.39 is 12.1 Å². The van der Waals surface area contributed by atoms with Crippen molar-refractivity contribution in [3.05, 3.63) is 35.4 Å². The summed E-state index contributed by atoms with van der Waals surface area (Å²) >= 11 is 0. The van der Waals surface area contributed by atoms with E-state index in [4.69, 9.17) is 4.74 Å². The molecule has 0 aliphatic heterocycles. The van der Waals surface area contributed by atoms with Crippen LogP contribution in [0.2, 0.25) is 0 Å². The summed E-state index contributed by atoms with van der Waals surface area (Å²) in [6.45, 7) is 4.18. The molecule has 0 N–H and O–H groups in total. The maximum atomic E-state index is 11.7. The average molecular weight is 336 g/mol. The molecule has 6 nitrogen and oxygen atoms in total. The van der Waals surface area contributed by atoms with Crippen LogP contribution in [0.1, 0.15) is 61.9 Å². The number of hydrogen-bond acceptors (Lipinski definition) is 6. The van der Waals surface area contributed by atoms with Gasteiger partial charge in [-0.05, 0) is 55.7 Å². The number of carbonyl (C=O) groups excluding carboxylic acids is 2. The highest BCUT2D eigenvalue weighted by molar-refractivity contribution is 5.88. The van der Waals surface area contributed by atoms with Crippen molar-refractivity contribution in [2.75, 3.05) is 0 Å². The molecular formula is C18H24O6. The molecule has 1 aromatic rings. The molecule has 0 unspecified atom stereocenters. The largest absolute Gasteiger partial charge is 0.543 e. The maximum absolute atomic E-state index is 11.7. The Kier molecular flexibility index (Phi) is 7.06. The first-order valence-electron chi connectivity index (χ1n) is 8.47. The fourth-order valence-corrected chi connectivity index (χ4v) is 2.81. The van der Waals surface area contributed by atoms with Gasteiger partial charge in [-0.15, -0.1) is 0 Å². The highest BCUT2D eigenvalue weighted by atomic mass is 17.5. The van der Waals surface area contributed by atoms with E-state index in [0.29, 0.717) is 11.5 Å². The molecule has 1 fully saturated rings. The lowest BCUT2D eigenvalue weighted by atomic mass is 9.86. The second-order valence-electron chi connectivity index (χ2n) is 5.99. The maximum Gasteiger partial charge on any atom is 0.543 e. The molecule has 0 bridgehead atoms. The summed E-state index contributed by atoms with van der Waals surface area (Å²) in [6.07, 6.45) is 4.58. The van der Waals surface area contributed by atoms with E-state index in [1.54, 1.807) is 12.1 Å². The molecular weight excluding hydrogens is 312 g/mol. The Bertz CT molecular complexity index is 531. The molecule has 0 spiro atoms. The summed E-state index contributed by atoms with van der Waals surface area (Å²) in [5, 5.41) is 4.23. The Morgan fingerprint density at radius 2 is 1.67 bits per heavy atom. The molecule has 6 heteroatoms. The van der Waals surface area contributed by atoms with Crippen molar-refractivity contribution in [2.45, 2.75) is 58.5 Å². The van der Waals surface area contributed by atoms with Gasteiger partial charge in [-0.3, -0.25) is 4.89 Å². The summed E-state index contributed by atoms with van der Waals surface area (Å²) in [6, 6.07) is 6.88. The van der Waals surface area contributed by atoms with Crippen LogP contribution in [-0.2, 0) is 26.0 Å². The molecule has 0 saturated heterocycles. The highest BCUT2D eigenvalue weighted by Gasteiger charge is 2.24. The smallest absolute Gasteiger partial charge is 0.429 e. The minimum Gasteiger partial charge on any atom is -0.429 e. The van der Waals surface area contributed by atoms with E-state index in [9.17, 15) is 9.59 Å². The van der Waals surface area contributed by atoms with E-state index in [1.165, 1.54) is 0 Å². The Morgan fingerprint density at radius 3 is 2.25 bits per heavy atom. The third-order valence-electron chi connectivity index (χ3n) is 4.44. The van der Waals surface area contributed by atoms with Crippen LogP contribution in [0.3, 0.4) is 0 Å². The summed E-state index contributed by atoms with van der Waals surface area (Å²) < 4.78 is 5.12. The monoisotopic (exact) mass is 336 g/mol. The molecule has 1 aliphatic carbocycles. The molecule has 1 aliphatic rings. The molecule has 24 heavy (non-hydrogen) atoms. The van der Waals surface area contributed by atoms with Crippen LogP contribution < -0.4 is 0 Å².